The quantitative estimate of drug-likeness (QED) is 0.671. The monoisotopic (exact) mass is 308 g/mol. The van der Waals surface area contributed by atoms with Crippen molar-refractivity contribution in [3.8, 4) is 0 Å². The predicted octanol–water partition coefficient (Wildman–Crippen LogP) is 3.42. The summed E-state index contributed by atoms with van der Waals surface area (Å²) in [6.07, 6.45) is 1.86. The van der Waals surface area contributed by atoms with Crippen molar-refractivity contribution in [1.29, 1.82) is 0 Å². The average Bonchev–Trinajstić information content (AvgIpc) is 2.88. The van der Waals surface area contributed by atoms with Crippen LogP contribution >= 0.6 is 23.1 Å². The molecule has 1 aromatic carbocycles. The first-order valence-electron chi connectivity index (χ1n) is 6.66. The molecule has 106 valence electrons. The zero-order valence-corrected chi connectivity index (χ0v) is 12.7. The molecule has 1 aliphatic rings. The van der Waals surface area contributed by atoms with Crippen LogP contribution in [0.25, 0.3) is 0 Å². The summed E-state index contributed by atoms with van der Waals surface area (Å²) in [5.74, 6) is 7.82. The molecule has 1 atom stereocenters. The van der Waals surface area contributed by atoms with E-state index in [1.54, 1.807) is 12.1 Å². The molecule has 20 heavy (non-hydrogen) atoms. The van der Waals surface area contributed by atoms with Crippen molar-refractivity contribution in [1.82, 2.24) is 5.43 Å². The first kappa shape index (κ1) is 14.1. The number of halogens is 1. The molecule has 0 bridgehead atoms. The number of nitrogens with one attached hydrogen (secondary N) is 1. The van der Waals surface area contributed by atoms with Gasteiger partial charge in [-0.25, -0.2) is 4.39 Å². The Morgan fingerprint density at radius 2 is 2.25 bits per heavy atom. The Labute approximate surface area is 126 Å². The highest BCUT2D eigenvalue weighted by molar-refractivity contribution is 7.98. The molecule has 2 aromatic rings. The molecule has 2 nitrogen and oxygen atoms in total. The van der Waals surface area contributed by atoms with Crippen LogP contribution in [0.3, 0.4) is 0 Å². The molecule has 0 spiro atoms. The van der Waals surface area contributed by atoms with Gasteiger partial charge in [-0.1, -0.05) is 12.1 Å². The van der Waals surface area contributed by atoms with E-state index in [1.165, 1.54) is 27.1 Å². The molecule has 0 aliphatic carbocycles. The SMILES string of the molecule is NNC(Cc1cccc(F)c1)c1cc2c(s1)CCSC2. The van der Waals surface area contributed by atoms with E-state index < -0.39 is 0 Å². The number of thiophene rings is 1. The third kappa shape index (κ3) is 3.06. The van der Waals surface area contributed by atoms with Crippen LogP contribution in [0.2, 0.25) is 0 Å². The highest BCUT2D eigenvalue weighted by Crippen LogP contribution is 2.35. The molecule has 0 saturated heterocycles. The zero-order valence-electron chi connectivity index (χ0n) is 11.1. The van der Waals surface area contributed by atoms with Gasteiger partial charge >= 0.3 is 0 Å². The summed E-state index contributed by atoms with van der Waals surface area (Å²) in [6, 6.07) is 9.04. The Kier molecular flexibility index (Phi) is 4.41. The Morgan fingerprint density at radius 1 is 1.35 bits per heavy atom. The van der Waals surface area contributed by atoms with Crippen LogP contribution in [-0.4, -0.2) is 5.75 Å². The Balaban J connectivity index is 1.81. The van der Waals surface area contributed by atoms with Gasteiger partial charge in [0.05, 0.1) is 6.04 Å². The molecule has 0 amide bonds. The lowest BCUT2D eigenvalue weighted by Gasteiger charge is -2.14. The smallest absolute Gasteiger partial charge is 0.123 e. The summed E-state index contributed by atoms with van der Waals surface area (Å²) in [4.78, 5) is 2.74. The fraction of sp³-hybridized carbons (Fsp3) is 0.333. The number of fused-ring (bicyclic) bond motifs is 1. The van der Waals surface area contributed by atoms with E-state index in [0.29, 0.717) is 6.42 Å². The van der Waals surface area contributed by atoms with Crippen molar-refractivity contribution in [2.75, 3.05) is 5.75 Å². The van der Waals surface area contributed by atoms with Gasteiger partial charge in [-0.15, -0.1) is 11.3 Å². The molecule has 5 heteroatoms. The van der Waals surface area contributed by atoms with E-state index >= 15 is 0 Å². The highest BCUT2D eigenvalue weighted by atomic mass is 32.2. The van der Waals surface area contributed by atoms with E-state index in [2.05, 4.69) is 11.5 Å². The number of hydrogen-bond acceptors (Lipinski definition) is 4. The van der Waals surface area contributed by atoms with Crippen LogP contribution in [0.4, 0.5) is 4.39 Å². The standard InChI is InChI=1S/C15H17FN2S2/c16-12-3-1-2-10(6-12)7-13(18-17)15-8-11-9-19-5-4-14(11)20-15/h1-3,6,8,13,18H,4-5,7,9,17H2. The maximum atomic E-state index is 13.3. The van der Waals surface area contributed by atoms with Crippen molar-refractivity contribution < 1.29 is 4.39 Å². The largest absolute Gasteiger partial charge is 0.271 e. The van der Waals surface area contributed by atoms with E-state index in [1.807, 2.05) is 29.2 Å². The number of nitrogens with two attached hydrogens (primary N) is 1. The topological polar surface area (TPSA) is 38.0 Å². The van der Waals surface area contributed by atoms with Gasteiger partial charge in [-0.2, -0.15) is 11.8 Å². The Bertz CT molecular complexity index is 574. The number of thioether (sulfide) groups is 1. The number of benzene rings is 1. The molecule has 0 saturated carbocycles. The van der Waals surface area contributed by atoms with Crippen LogP contribution in [0, 0.1) is 5.82 Å². The summed E-state index contributed by atoms with van der Waals surface area (Å²) < 4.78 is 13.3. The van der Waals surface area contributed by atoms with Gasteiger partial charge in [-0.05, 0) is 47.9 Å². The molecule has 3 rings (SSSR count). The first-order chi connectivity index (χ1) is 9.76. The molecular formula is C15H17FN2S2. The molecular weight excluding hydrogens is 291 g/mol. The summed E-state index contributed by atoms with van der Waals surface area (Å²) in [5.41, 5.74) is 5.29. The third-order valence-corrected chi connectivity index (χ3v) is 5.88. The second kappa shape index (κ2) is 6.26. The van der Waals surface area contributed by atoms with Gasteiger partial charge in [0.1, 0.15) is 5.82 Å². The van der Waals surface area contributed by atoms with E-state index in [-0.39, 0.29) is 11.9 Å². The van der Waals surface area contributed by atoms with Crippen LogP contribution in [0.5, 0.6) is 0 Å². The van der Waals surface area contributed by atoms with E-state index in [4.69, 9.17) is 5.84 Å². The minimum absolute atomic E-state index is 0.0531. The Hall–Kier alpha value is -0.880. The lowest BCUT2D eigenvalue weighted by molar-refractivity contribution is 0.556. The zero-order chi connectivity index (χ0) is 13.9. The number of hydrazine groups is 1. The lowest BCUT2D eigenvalue weighted by atomic mass is 10.0. The van der Waals surface area contributed by atoms with Crippen molar-refractivity contribution in [3.63, 3.8) is 0 Å². The van der Waals surface area contributed by atoms with Crippen molar-refractivity contribution >= 4 is 23.1 Å². The summed E-state index contributed by atoms with van der Waals surface area (Å²) >= 11 is 3.82. The molecule has 1 aliphatic heterocycles. The van der Waals surface area contributed by atoms with Crippen LogP contribution in [0.1, 0.15) is 26.9 Å². The maximum Gasteiger partial charge on any atom is 0.123 e. The fourth-order valence-electron chi connectivity index (χ4n) is 2.48. The maximum absolute atomic E-state index is 13.3. The van der Waals surface area contributed by atoms with Crippen LogP contribution in [0.15, 0.2) is 30.3 Å². The molecule has 1 unspecified atom stereocenters. The second-order valence-corrected chi connectivity index (χ2v) is 7.23. The van der Waals surface area contributed by atoms with Crippen LogP contribution in [-0.2, 0) is 18.6 Å². The highest BCUT2D eigenvalue weighted by Gasteiger charge is 2.19. The van der Waals surface area contributed by atoms with Crippen LogP contribution < -0.4 is 11.3 Å². The summed E-state index contributed by atoms with van der Waals surface area (Å²) in [5, 5.41) is 0. The van der Waals surface area contributed by atoms with Crippen molar-refractivity contribution in [3.05, 3.63) is 57.0 Å². The molecule has 2 heterocycles. The van der Waals surface area contributed by atoms with Gasteiger partial charge in [0.2, 0.25) is 0 Å². The second-order valence-electron chi connectivity index (χ2n) is 4.95. The molecule has 1 aromatic heterocycles. The Morgan fingerprint density at radius 3 is 3.00 bits per heavy atom. The van der Waals surface area contributed by atoms with Gasteiger partial charge in [0.15, 0.2) is 0 Å². The van der Waals surface area contributed by atoms with Gasteiger partial charge in [0.25, 0.3) is 0 Å². The molecule has 0 radical (unpaired) electrons. The predicted molar refractivity (Wildman–Crippen MR) is 84.4 cm³/mol. The van der Waals surface area contributed by atoms with E-state index in [0.717, 1.165) is 17.7 Å². The summed E-state index contributed by atoms with van der Waals surface area (Å²) in [6.45, 7) is 0. The number of aryl methyl sites for hydroxylation is 1. The normalized spacial score (nSPS) is 15.9. The minimum Gasteiger partial charge on any atom is -0.271 e. The van der Waals surface area contributed by atoms with Gasteiger partial charge in [-0.3, -0.25) is 11.3 Å². The average molecular weight is 308 g/mol. The van der Waals surface area contributed by atoms with Gasteiger partial charge < -0.3 is 0 Å². The number of hydrogen-bond donors (Lipinski definition) is 2. The fourth-order valence-corrected chi connectivity index (χ4v) is 4.92. The lowest BCUT2D eigenvalue weighted by Crippen LogP contribution is -2.29. The first-order valence-corrected chi connectivity index (χ1v) is 8.63. The molecule has 3 N–H and O–H groups in total. The van der Waals surface area contributed by atoms with Crippen molar-refractivity contribution in [2.45, 2.75) is 24.6 Å². The third-order valence-electron chi connectivity index (χ3n) is 3.52. The van der Waals surface area contributed by atoms with Crippen molar-refractivity contribution in [2.24, 2.45) is 5.84 Å². The summed E-state index contributed by atoms with van der Waals surface area (Å²) in [7, 11) is 0. The molecule has 0 fully saturated rings. The number of rotatable bonds is 4. The van der Waals surface area contributed by atoms with Gasteiger partial charge in [0, 0.05) is 15.5 Å². The minimum atomic E-state index is -0.194. The van der Waals surface area contributed by atoms with E-state index in [9.17, 15) is 4.39 Å².